The Bertz CT molecular complexity index is 460. The molecule has 0 saturated heterocycles. The number of rotatable bonds is 11. The van der Waals surface area contributed by atoms with Gasteiger partial charge in [0.25, 0.3) is 0 Å². The van der Waals surface area contributed by atoms with E-state index in [-0.39, 0.29) is 0 Å². The molecule has 1 N–H and O–H groups in total. The molecule has 130 valence electrons. The third kappa shape index (κ3) is 9.17. The molecule has 0 rings (SSSR count). The summed E-state index contributed by atoms with van der Waals surface area (Å²) in [5.74, 6) is 0.741. The maximum Gasteiger partial charge on any atom is 0.328 e. The first kappa shape index (κ1) is 21.4. The molecule has 0 aromatic rings. The van der Waals surface area contributed by atoms with Gasteiger partial charge in [-0.25, -0.2) is 4.79 Å². The van der Waals surface area contributed by atoms with Crippen LogP contribution in [0, 0.1) is 17.8 Å². The normalized spacial score (nSPS) is 16.3. The van der Waals surface area contributed by atoms with Gasteiger partial charge in [-0.2, -0.15) is 0 Å². The molecule has 0 aliphatic carbocycles. The Kier molecular flexibility index (Phi) is 10.2. The van der Waals surface area contributed by atoms with Gasteiger partial charge in [0.1, 0.15) is 0 Å². The highest BCUT2D eigenvalue weighted by Crippen LogP contribution is 2.20. The van der Waals surface area contributed by atoms with E-state index >= 15 is 0 Å². The smallest absolute Gasteiger partial charge is 0.328 e. The first-order chi connectivity index (χ1) is 10.7. The first-order valence-corrected chi connectivity index (χ1v) is 8.43. The molecule has 0 aromatic heterocycles. The molecular weight excluding hydrogens is 286 g/mol. The summed E-state index contributed by atoms with van der Waals surface area (Å²) in [7, 11) is 0. The van der Waals surface area contributed by atoms with Crippen LogP contribution in [-0.4, -0.2) is 22.8 Å². The van der Waals surface area contributed by atoms with Crippen molar-refractivity contribution in [3.63, 3.8) is 0 Å². The van der Waals surface area contributed by atoms with E-state index in [1.54, 1.807) is 18.2 Å². The Hall–Kier alpha value is -1.64. The maximum absolute atomic E-state index is 11.4. The molecule has 23 heavy (non-hydrogen) atoms. The number of aliphatic imine (C=N–C) groups is 1. The van der Waals surface area contributed by atoms with Crippen LogP contribution in [0.2, 0.25) is 0 Å². The zero-order valence-corrected chi connectivity index (χ0v) is 15.4. The first-order valence-electron chi connectivity index (χ1n) is 8.43. The standard InChI is InChI=1S/C20H33NO2/c1-8-9-10-15(4)13-19(20(22)23)21-18(7)17(6)12-11-16(5)14(2)3/h8-10,14,16-17,19H,1,4,11-13H2,2-3,5-7H3,(H,22,23). The Morgan fingerprint density at radius 1 is 1.22 bits per heavy atom. The number of carboxylic acid groups (broad SMARTS) is 1. The topological polar surface area (TPSA) is 49.7 Å². The van der Waals surface area contributed by atoms with E-state index in [4.69, 9.17) is 0 Å². The zero-order valence-electron chi connectivity index (χ0n) is 15.4. The molecule has 0 amide bonds. The summed E-state index contributed by atoms with van der Waals surface area (Å²) in [4.78, 5) is 15.9. The monoisotopic (exact) mass is 319 g/mol. The van der Waals surface area contributed by atoms with Crippen LogP contribution in [0.15, 0.2) is 42.0 Å². The van der Waals surface area contributed by atoms with Gasteiger partial charge in [-0.3, -0.25) is 4.99 Å². The lowest BCUT2D eigenvalue weighted by molar-refractivity contribution is -0.138. The molecule has 3 heteroatoms. The lowest BCUT2D eigenvalue weighted by atomic mass is 9.89. The molecule has 0 aliphatic rings. The van der Waals surface area contributed by atoms with Crippen LogP contribution in [0.5, 0.6) is 0 Å². The van der Waals surface area contributed by atoms with Crippen molar-refractivity contribution >= 4 is 11.7 Å². The second kappa shape index (κ2) is 11.0. The highest BCUT2D eigenvalue weighted by molar-refractivity contribution is 5.87. The molecule has 3 nitrogen and oxygen atoms in total. The van der Waals surface area contributed by atoms with Gasteiger partial charge >= 0.3 is 5.97 Å². The number of carboxylic acids is 1. The van der Waals surface area contributed by atoms with Gasteiger partial charge in [-0.15, -0.1) is 0 Å². The fourth-order valence-electron chi connectivity index (χ4n) is 2.14. The Labute approximate surface area is 141 Å². The predicted octanol–water partition coefficient (Wildman–Crippen LogP) is 5.30. The van der Waals surface area contributed by atoms with E-state index < -0.39 is 12.0 Å². The number of carbonyl (C=O) groups is 1. The Morgan fingerprint density at radius 2 is 1.83 bits per heavy atom. The molecule has 0 aliphatic heterocycles. The van der Waals surface area contributed by atoms with Crippen molar-refractivity contribution in [2.75, 3.05) is 0 Å². The Balaban J connectivity index is 4.77. The molecule has 0 saturated carbocycles. The van der Waals surface area contributed by atoms with Gasteiger partial charge in [-0.1, -0.05) is 64.7 Å². The van der Waals surface area contributed by atoms with Gasteiger partial charge in [0.2, 0.25) is 0 Å². The van der Waals surface area contributed by atoms with Crippen LogP contribution in [0.25, 0.3) is 0 Å². The van der Waals surface area contributed by atoms with Crippen molar-refractivity contribution in [1.82, 2.24) is 0 Å². The summed E-state index contributed by atoms with van der Waals surface area (Å²) in [5, 5.41) is 9.38. The Morgan fingerprint density at radius 3 is 2.30 bits per heavy atom. The van der Waals surface area contributed by atoms with Gasteiger partial charge in [0.05, 0.1) is 0 Å². The molecule has 0 spiro atoms. The van der Waals surface area contributed by atoms with Crippen LogP contribution in [-0.2, 0) is 4.79 Å². The molecule has 0 aromatic carbocycles. The summed E-state index contributed by atoms with van der Waals surface area (Å²) >= 11 is 0. The maximum atomic E-state index is 11.4. The van der Waals surface area contributed by atoms with Crippen LogP contribution in [0.3, 0.4) is 0 Å². The lowest BCUT2D eigenvalue weighted by Crippen LogP contribution is -2.22. The number of hydrogen-bond donors (Lipinski definition) is 1. The fourth-order valence-corrected chi connectivity index (χ4v) is 2.14. The summed E-state index contributed by atoms with van der Waals surface area (Å²) in [5.41, 5.74) is 1.66. The summed E-state index contributed by atoms with van der Waals surface area (Å²) in [6, 6.07) is -0.762. The largest absolute Gasteiger partial charge is 0.480 e. The second-order valence-electron chi connectivity index (χ2n) is 6.78. The van der Waals surface area contributed by atoms with Crippen LogP contribution >= 0.6 is 0 Å². The third-order valence-corrected chi connectivity index (χ3v) is 4.47. The molecule has 0 fully saturated rings. The molecule has 0 heterocycles. The molecular formula is C20H33NO2. The predicted molar refractivity (Wildman–Crippen MR) is 100 cm³/mol. The number of nitrogens with zero attached hydrogens (tertiary/aromatic N) is 1. The van der Waals surface area contributed by atoms with Crippen molar-refractivity contribution in [2.45, 2.75) is 59.9 Å². The number of hydrogen-bond acceptors (Lipinski definition) is 2. The average Bonchev–Trinajstić information content (AvgIpc) is 2.48. The number of aliphatic carboxylic acids is 1. The van der Waals surface area contributed by atoms with Crippen molar-refractivity contribution in [1.29, 1.82) is 0 Å². The van der Waals surface area contributed by atoms with Crippen molar-refractivity contribution in [3.8, 4) is 0 Å². The fraction of sp³-hybridized carbons (Fsp3) is 0.600. The van der Waals surface area contributed by atoms with Crippen LogP contribution in [0.1, 0.15) is 53.9 Å². The number of allylic oxidation sites excluding steroid dienone is 3. The van der Waals surface area contributed by atoms with E-state index in [0.29, 0.717) is 24.2 Å². The zero-order chi connectivity index (χ0) is 18.0. The van der Waals surface area contributed by atoms with E-state index in [2.05, 4.69) is 45.8 Å². The SMILES string of the molecule is C=CC=CC(=C)CC(N=C(C)C(C)CCC(C)C(C)C)C(=O)O. The lowest BCUT2D eigenvalue weighted by Gasteiger charge is -2.19. The van der Waals surface area contributed by atoms with Crippen molar-refractivity contribution < 1.29 is 9.90 Å². The minimum Gasteiger partial charge on any atom is -0.480 e. The molecule has 0 radical (unpaired) electrons. The van der Waals surface area contributed by atoms with Crippen molar-refractivity contribution in [3.05, 3.63) is 37.0 Å². The molecule has 3 atom stereocenters. The second-order valence-corrected chi connectivity index (χ2v) is 6.78. The highest BCUT2D eigenvalue weighted by atomic mass is 16.4. The minimum atomic E-state index is -0.903. The van der Waals surface area contributed by atoms with E-state index in [1.807, 2.05) is 6.92 Å². The highest BCUT2D eigenvalue weighted by Gasteiger charge is 2.19. The minimum absolute atomic E-state index is 0.301. The van der Waals surface area contributed by atoms with E-state index in [1.165, 1.54) is 0 Å². The summed E-state index contributed by atoms with van der Waals surface area (Å²) < 4.78 is 0. The van der Waals surface area contributed by atoms with Crippen LogP contribution in [0.4, 0.5) is 0 Å². The van der Waals surface area contributed by atoms with Gasteiger partial charge in [0.15, 0.2) is 6.04 Å². The van der Waals surface area contributed by atoms with Gasteiger partial charge < -0.3 is 5.11 Å². The quantitative estimate of drug-likeness (QED) is 0.415. The van der Waals surface area contributed by atoms with Crippen LogP contribution < -0.4 is 0 Å². The van der Waals surface area contributed by atoms with E-state index in [9.17, 15) is 9.90 Å². The molecule has 0 bridgehead atoms. The van der Waals surface area contributed by atoms with Gasteiger partial charge in [-0.05, 0) is 37.5 Å². The summed E-state index contributed by atoms with van der Waals surface area (Å²) in [6.07, 6.45) is 7.69. The van der Waals surface area contributed by atoms with Crippen molar-refractivity contribution in [2.24, 2.45) is 22.7 Å². The molecule has 3 unspecified atom stereocenters. The summed E-state index contributed by atoms with van der Waals surface area (Å²) in [6.45, 7) is 18.3. The third-order valence-electron chi connectivity index (χ3n) is 4.47. The van der Waals surface area contributed by atoms with Gasteiger partial charge in [0, 0.05) is 12.1 Å². The van der Waals surface area contributed by atoms with E-state index in [0.717, 1.165) is 24.1 Å². The average molecular weight is 319 g/mol.